The van der Waals surface area contributed by atoms with Gasteiger partial charge in [-0.25, -0.2) is 13.2 Å². The molecule has 1 unspecified atom stereocenters. The van der Waals surface area contributed by atoms with E-state index in [1.807, 2.05) is 60.4 Å². The lowest BCUT2D eigenvalue weighted by molar-refractivity contribution is 0.0651. The monoisotopic (exact) mass is 577 g/mol. The molecule has 0 saturated carbocycles. The smallest absolute Gasteiger partial charge is 0.133 e. The van der Waals surface area contributed by atoms with Gasteiger partial charge in [0.25, 0.3) is 0 Å². The van der Waals surface area contributed by atoms with E-state index in [4.69, 9.17) is 4.74 Å². The van der Waals surface area contributed by atoms with Gasteiger partial charge >= 0.3 is 0 Å². The minimum atomic E-state index is -1.53. The predicted octanol–water partition coefficient (Wildman–Crippen LogP) is 7.21. The van der Waals surface area contributed by atoms with Crippen molar-refractivity contribution < 1.29 is 17.9 Å². The van der Waals surface area contributed by atoms with Crippen LogP contribution in [-0.2, 0) is 13.0 Å². The number of nitrogens with one attached hydrogen (secondary N) is 1. The van der Waals surface area contributed by atoms with Crippen LogP contribution in [0.25, 0.3) is 0 Å². The van der Waals surface area contributed by atoms with E-state index in [0.717, 1.165) is 62.1 Å². The molecule has 224 valence electrons. The van der Waals surface area contributed by atoms with Gasteiger partial charge in [0.2, 0.25) is 0 Å². The van der Waals surface area contributed by atoms with Crippen LogP contribution in [0.1, 0.15) is 68.3 Å². The first-order chi connectivity index (χ1) is 20.1. The van der Waals surface area contributed by atoms with E-state index in [1.54, 1.807) is 0 Å². The maximum atomic E-state index is 16.1. The zero-order valence-electron chi connectivity index (χ0n) is 24.9. The third-order valence-electron chi connectivity index (χ3n) is 9.28. The second-order valence-electron chi connectivity index (χ2n) is 13.3. The Labute approximate surface area is 247 Å². The van der Waals surface area contributed by atoms with Gasteiger partial charge in [-0.2, -0.15) is 0 Å². The second-order valence-corrected chi connectivity index (χ2v) is 13.3. The average molecular weight is 578 g/mol. The van der Waals surface area contributed by atoms with Gasteiger partial charge < -0.3 is 15.0 Å². The van der Waals surface area contributed by atoms with Crippen molar-refractivity contribution in [3.63, 3.8) is 0 Å². The van der Waals surface area contributed by atoms with Gasteiger partial charge in [0.15, 0.2) is 0 Å². The standard InChI is InChI=1S/C35H42F3N3O/c1-24-16-26-17-28(42-20-25-8-5-4-6-9-25)10-11-29(26)33(41(24)21-34(2,3)38)32-30(36)18-27(19-31(32)37)40-22-35(23-40)12-7-14-39-15-13-35/h4-6,8-11,17-19,24,33,39H,7,12-16,20-23H2,1-3H3/t24-,33?/m1/s1. The van der Waals surface area contributed by atoms with Crippen LogP contribution in [0.15, 0.2) is 60.7 Å². The van der Waals surface area contributed by atoms with E-state index < -0.39 is 23.3 Å². The van der Waals surface area contributed by atoms with Crippen LogP contribution in [0.3, 0.4) is 0 Å². The molecule has 0 aromatic heterocycles. The van der Waals surface area contributed by atoms with Crippen molar-refractivity contribution in [1.82, 2.24) is 10.2 Å². The van der Waals surface area contributed by atoms with Crippen molar-refractivity contribution >= 4 is 5.69 Å². The van der Waals surface area contributed by atoms with Crippen molar-refractivity contribution in [3.8, 4) is 5.75 Å². The van der Waals surface area contributed by atoms with E-state index in [9.17, 15) is 0 Å². The lowest BCUT2D eigenvalue weighted by Crippen LogP contribution is -2.56. The van der Waals surface area contributed by atoms with Gasteiger partial charge in [0.1, 0.15) is 29.7 Å². The average Bonchev–Trinajstić information content (AvgIpc) is 3.19. The minimum Gasteiger partial charge on any atom is -0.489 e. The van der Waals surface area contributed by atoms with Crippen molar-refractivity contribution in [3.05, 3.63) is 94.6 Å². The lowest BCUT2D eigenvalue weighted by atomic mass is 9.73. The molecule has 0 bridgehead atoms. The molecule has 3 aromatic carbocycles. The fraction of sp³-hybridized carbons (Fsp3) is 0.486. The Morgan fingerprint density at radius 3 is 2.43 bits per heavy atom. The SMILES string of the molecule is C[C@@H]1Cc2cc(OCc3ccccc3)ccc2C(c2c(F)cc(N3CC4(CCCNCC4)C3)cc2F)N1CC(C)(C)F. The number of benzene rings is 3. The van der Waals surface area contributed by atoms with E-state index in [1.165, 1.54) is 26.0 Å². The number of fused-ring (bicyclic) bond motifs is 1. The molecule has 0 amide bonds. The van der Waals surface area contributed by atoms with Crippen LogP contribution in [0, 0.1) is 17.0 Å². The Kier molecular flexibility index (Phi) is 8.01. The molecule has 0 aliphatic carbocycles. The summed E-state index contributed by atoms with van der Waals surface area (Å²) in [5, 5.41) is 3.46. The van der Waals surface area contributed by atoms with Crippen LogP contribution in [-0.4, -0.2) is 49.3 Å². The highest BCUT2D eigenvalue weighted by Crippen LogP contribution is 2.45. The minimum absolute atomic E-state index is 0.0114. The molecule has 1 spiro atoms. The van der Waals surface area contributed by atoms with Crippen LogP contribution < -0.4 is 15.0 Å². The van der Waals surface area contributed by atoms with Crippen LogP contribution in [0.4, 0.5) is 18.9 Å². The summed E-state index contributed by atoms with van der Waals surface area (Å²) in [6, 6.07) is 17.8. The third kappa shape index (κ3) is 6.04. The summed E-state index contributed by atoms with van der Waals surface area (Å²) in [4.78, 5) is 4.02. The number of alkyl halides is 1. The molecule has 6 rings (SSSR count). The van der Waals surface area contributed by atoms with E-state index in [-0.39, 0.29) is 23.6 Å². The molecular formula is C35H42F3N3O. The Hall–Kier alpha value is -3.03. The van der Waals surface area contributed by atoms with Gasteiger partial charge in [-0.3, -0.25) is 4.90 Å². The second kappa shape index (κ2) is 11.6. The Bertz CT molecular complexity index is 1370. The summed E-state index contributed by atoms with van der Waals surface area (Å²) in [5.74, 6) is -0.450. The first kappa shape index (κ1) is 29.1. The largest absolute Gasteiger partial charge is 0.489 e. The van der Waals surface area contributed by atoms with Gasteiger partial charge in [-0.15, -0.1) is 0 Å². The number of hydrogen-bond donors (Lipinski definition) is 1. The number of halogens is 3. The first-order valence-electron chi connectivity index (χ1n) is 15.3. The zero-order chi connectivity index (χ0) is 29.5. The van der Waals surface area contributed by atoms with Crippen LogP contribution >= 0.6 is 0 Å². The molecule has 3 heterocycles. The van der Waals surface area contributed by atoms with E-state index in [0.29, 0.717) is 24.5 Å². The van der Waals surface area contributed by atoms with Gasteiger partial charge in [-0.05, 0) is 100 Å². The third-order valence-corrected chi connectivity index (χ3v) is 9.28. The molecule has 4 nitrogen and oxygen atoms in total. The van der Waals surface area contributed by atoms with Gasteiger partial charge in [0.05, 0.1) is 6.04 Å². The fourth-order valence-corrected chi connectivity index (χ4v) is 7.20. The number of anilines is 1. The molecule has 1 N–H and O–H groups in total. The molecule has 2 saturated heterocycles. The molecule has 3 aliphatic heterocycles. The molecule has 0 radical (unpaired) electrons. The van der Waals surface area contributed by atoms with Crippen molar-refractivity contribution in [2.75, 3.05) is 37.6 Å². The van der Waals surface area contributed by atoms with Crippen LogP contribution in [0.2, 0.25) is 0 Å². The molecule has 2 fully saturated rings. The normalized spacial score (nSPS) is 22.4. The Balaban J connectivity index is 1.31. The molecule has 2 atom stereocenters. The molecule has 3 aliphatic rings. The van der Waals surface area contributed by atoms with E-state index in [2.05, 4.69) is 10.2 Å². The highest BCUT2D eigenvalue weighted by Gasteiger charge is 2.44. The first-order valence-corrected chi connectivity index (χ1v) is 15.3. The maximum Gasteiger partial charge on any atom is 0.133 e. The van der Waals surface area contributed by atoms with Gasteiger partial charge in [-0.1, -0.05) is 36.4 Å². The number of ether oxygens (including phenoxy) is 1. The summed E-state index contributed by atoms with van der Waals surface area (Å²) < 4.78 is 53.4. The number of nitrogens with zero attached hydrogens (tertiary/aromatic N) is 2. The van der Waals surface area contributed by atoms with E-state index >= 15 is 13.2 Å². The zero-order valence-corrected chi connectivity index (χ0v) is 24.9. The summed E-state index contributed by atoms with van der Waals surface area (Å²) in [6.45, 7) is 9.21. The summed E-state index contributed by atoms with van der Waals surface area (Å²) >= 11 is 0. The molecular weight excluding hydrogens is 535 g/mol. The van der Waals surface area contributed by atoms with Crippen molar-refractivity contribution in [2.24, 2.45) is 5.41 Å². The van der Waals surface area contributed by atoms with Crippen LogP contribution in [0.5, 0.6) is 5.75 Å². The number of hydrogen-bond acceptors (Lipinski definition) is 4. The fourth-order valence-electron chi connectivity index (χ4n) is 7.20. The van der Waals surface area contributed by atoms with Gasteiger partial charge in [0, 0.05) is 42.3 Å². The van der Waals surface area contributed by atoms with Crippen molar-refractivity contribution in [1.29, 1.82) is 0 Å². The Morgan fingerprint density at radius 2 is 1.71 bits per heavy atom. The summed E-state index contributed by atoms with van der Waals surface area (Å²) in [6.07, 6.45) is 4.00. The highest BCUT2D eigenvalue weighted by molar-refractivity contribution is 5.54. The molecule has 3 aromatic rings. The summed E-state index contributed by atoms with van der Waals surface area (Å²) in [7, 11) is 0. The maximum absolute atomic E-state index is 16.1. The molecule has 7 heteroatoms. The topological polar surface area (TPSA) is 27.7 Å². The molecule has 42 heavy (non-hydrogen) atoms. The van der Waals surface area contributed by atoms with Crippen molar-refractivity contribution in [2.45, 2.75) is 70.8 Å². The summed E-state index contributed by atoms with van der Waals surface area (Å²) in [5.41, 5.74) is 2.10. The quantitative estimate of drug-likeness (QED) is 0.321. The Morgan fingerprint density at radius 1 is 0.976 bits per heavy atom. The predicted molar refractivity (Wildman–Crippen MR) is 162 cm³/mol. The lowest BCUT2D eigenvalue weighted by Gasteiger charge is -2.51. The number of rotatable bonds is 7. The highest BCUT2D eigenvalue weighted by atomic mass is 19.1.